The van der Waals surface area contributed by atoms with Gasteiger partial charge in [-0.1, -0.05) is 48.0 Å². The van der Waals surface area contributed by atoms with Crippen LogP contribution in [0.5, 0.6) is 0 Å². The first-order valence-electron chi connectivity index (χ1n) is 7.24. The number of nitrogens with zero attached hydrogens (tertiary/aromatic N) is 1. The van der Waals surface area contributed by atoms with E-state index in [1.807, 2.05) is 63.2 Å². The summed E-state index contributed by atoms with van der Waals surface area (Å²) in [7, 11) is -3.53. The summed E-state index contributed by atoms with van der Waals surface area (Å²) in [6.07, 6.45) is 1.63. The van der Waals surface area contributed by atoms with Gasteiger partial charge in [0.1, 0.15) is 0 Å². The van der Waals surface area contributed by atoms with E-state index in [1.165, 1.54) is 9.71 Å². The van der Waals surface area contributed by atoms with Crippen LogP contribution in [0.2, 0.25) is 0 Å². The fourth-order valence-electron chi connectivity index (χ4n) is 2.22. The van der Waals surface area contributed by atoms with Gasteiger partial charge < -0.3 is 0 Å². The zero-order chi connectivity index (χ0) is 16.2. The van der Waals surface area contributed by atoms with Gasteiger partial charge in [-0.2, -0.15) is 0 Å². The number of sulfonamides is 1. The predicted octanol–water partition coefficient (Wildman–Crippen LogP) is 4.21. The Balaban J connectivity index is 2.32. The van der Waals surface area contributed by atoms with E-state index in [2.05, 4.69) is 0 Å². The van der Waals surface area contributed by atoms with Gasteiger partial charge in [-0.15, -0.1) is 0 Å². The summed E-state index contributed by atoms with van der Waals surface area (Å²) < 4.78 is 26.7. The zero-order valence-corrected chi connectivity index (χ0v) is 13.9. The van der Waals surface area contributed by atoms with Crippen molar-refractivity contribution in [1.29, 1.82) is 0 Å². The molecular weight excluding hydrogens is 294 g/mol. The number of anilines is 1. The highest BCUT2D eigenvalue weighted by atomic mass is 32.2. The minimum Gasteiger partial charge on any atom is -0.264 e. The number of rotatable bonds is 5. The molecule has 0 fully saturated rings. The lowest BCUT2D eigenvalue weighted by Crippen LogP contribution is -2.35. The Morgan fingerprint density at radius 3 is 2.09 bits per heavy atom. The van der Waals surface area contributed by atoms with Crippen molar-refractivity contribution in [3.05, 3.63) is 71.1 Å². The molecular formula is C18H21NO2S. The molecule has 0 heterocycles. The van der Waals surface area contributed by atoms with Crippen LogP contribution in [0.1, 0.15) is 25.0 Å². The summed E-state index contributed by atoms with van der Waals surface area (Å²) in [5.74, 6) is 0. The van der Waals surface area contributed by atoms with Crippen LogP contribution < -0.4 is 4.31 Å². The normalized spacial score (nSPS) is 12.0. The second-order valence-electron chi connectivity index (χ2n) is 5.48. The van der Waals surface area contributed by atoms with E-state index in [1.54, 1.807) is 18.2 Å². The summed E-state index contributed by atoms with van der Waals surface area (Å²) >= 11 is 0. The minimum absolute atomic E-state index is 0.157. The van der Waals surface area contributed by atoms with Crippen LogP contribution in [0.15, 0.2) is 60.0 Å². The Morgan fingerprint density at radius 2 is 1.55 bits per heavy atom. The number of benzene rings is 2. The molecule has 2 aromatic rings. The van der Waals surface area contributed by atoms with Gasteiger partial charge in [0.15, 0.2) is 0 Å². The maximum absolute atomic E-state index is 12.7. The lowest BCUT2D eigenvalue weighted by atomic mass is 10.2. The molecule has 0 saturated heterocycles. The van der Waals surface area contributed by atoms with Gasteiger partial charge in [0, 0.05) is 6.04 Å². The van der Waals surface area contributed by atoms with Crippen LogP contribution in [0, 0.1) is 6.92 Å². The van der Waals surface area contributed by atoms with E-state index in [0.29, 0.717) is 5.69 Å². The van der Waals surface area contributed by atoms with Crippen molar-refractivity contribution in [2.24, 2.45) is 0 Å². The number of aryl methyl sites for hydroxylation is 1. The SMILES string of the molecule is Cc1ccc(/C=C/S(=O)(=O)N(c2ccccc2)C(C)C)cc1. The van der Waals surface area contributed by atoms with Gasteiger partial charge in [0.2, 0.25) is 0 Å². The van der Waals surface area contributed by atoms with Gasteiger partial charge in [-0.25, -0.2) is 8.42 Å². The van der Waals surface area contributed by atoms with Crippen molar-refractivity contribution in [1.82, 2.24) is 0 Å². The van der Waals surface area contributed by atoms with Gasteiger partial charge in [0.25, 0.3) is 10.0 Å². The van der Waals surface area contributed by atoms with Crippen LogP contribution in [0.4, 0.5) is 5.69 Å². The quantitative estimate of drug-likeness (QED) is 0.829. The Kier molecular flexibility index (Phi) is 5.03. The molecule has 0 N–H and O–H groups in total. The van der Waals surface area contributed by atoms with Crippen molar-refractivity contribution in [2.45, 2.75) is 26.8 Å². The molecule has 4 heteroatoms. The summed E-state index contributed by atoms with van der Waals surface area (Å²) in [5.41, 5.74) is 2.69. The van der Waals surface area contributed by atoms with Gasteiger partial charge in [-0.3, -0.25) is 4.31 Å². The first-order chi connectivity index (χ1) is 10.4. The Morgan fingerprint density at radius 1 is 0.955 bits per heavy atom. The summed E-state index contributed by atoms with van der Waals surface area (Å²) in [4.78, 5) is 0. The Labute approximate surface area is 133 Å². The third kappa shape index (κ3) is 3.98. The van der Waals surface area contributed by atoms with E-state index in [0.717, 1.165) is 11.1 Å². The molecule has 2 aromatic carbocycles. The van der Waals surface area contributed by atoms with Crippen molar-refractivity contribution in [3.63, 3.8) is 0 Å². The summed E-state index contributed by atoms with van der Waals surface area (Å²) in [6, 6.07) is 16.7. The second-order valence-corrected chi connectivity index (χ2v) is 7.18. The fraction of sp³-hybridized carbons (Fsp3) is 0.222. The largest absolute Gasteiger partial charge is 0.264 e. The Hall–Kier alpha value is -2.07. The molecule has 0 spiro atoms. The molecule has 22 heavy (non-hydrogen) atoms. The molecule has 0 radical (unpaired) electrons. The van der Waals surface area contributed by atoms with E-state index in [9.17, 15) is 8.42 Å². The maximum Gasteiger partial charge on any atom is 0.257 e. The van der Waals surface area contributed by atoms with Crippen molar-refractivity contribution in [3.8, 4) is 0 Å². The molecule has 0 unspecified atom stereocenters. The summed E-state index contributed by atoms with van der Waals surface area (Å²) in [6.45, 7) is 5.73. The standard InChI is InChI=1S/C18H21NO2S/c1-15(2)19(18-7-5-4-6-8-18)22(20,21)14-13-17-11-9-16(3)10-12-17/h4-15H,1-3H3/b14-13+. The van der Waals surface area contributed by atoms with E-state index >= 15 is 0 Å². The molecule has 0 aromatic heterocycles. The lowest BCUT2D eigenvalue weighted by Gasteiger charge is -2.26. The first-order valence-corrected chi connectivity index (χ1v) is 8.75. The molecule has 0 aliphatic carbocycles. The highest BCUT2D eigenvalue weighted by molar-refractivity contribution is 7.95. The van der Waals surface area contributed by atoms with E-state index < -0.39 is 10.0 Å². The monoisotopic (exact) mass is 315 g/mol. The van der Waals surface area contributed by atoms with Crippen LogP contribution in [-0.4, -0.2) is 14.5 Å². The minimum atomic E-state index is -3.53. The fourth-order valence-corrected chi connectivity index (χ4v) is 3.69. The molecule has 0 atom stereocenters. The smallest absolute Gasteiger partial charge is 0.257 e. The average Bonchev–Trinajstić information content (AvgIpc) is 2.47. The number of hydrogen-bond acceptors (Lipinski definition) is 2. The highest BCUT2D eigenvalue weighted by Gasteiger charge is 2.22. The predicted molar refractivity (Wildman–Crippen MR) is 93.2 cm³/mol. The van der Waals surface area contributed by atoms with Gasteiger partial charge in [0.05, 0.1) is 11.1 Å². The van der Waals surface area contributed by atoms with E-state index in [-0.39, 0.29) is 6.04 Å². The van der Waals surface area contributed by atoms with Crippen LogP contribution in [0.25, 0.3) is 6.08 Å². The van der Waals surface area contributed by atoms with Crippen molar-refractivity contribution >= 4 is 21.8 Å². The van der Waals surface area contributed by atoms with Gasteiger partial charge in [-0.05, 0) is 44.5 Å². The topological polar surface area (TPSA) is 37.4 Å². The number of hydrogen-bond donors (Lipinski definition) is 0. The molecule has 0 aliphatic heterocycles. The van der Waals surface area contributed by atoms with Crippen molar-refractivity contribution in [2.75, 3.05) is 4.31 Å². The lowest BCUT2D eigenvalue weighted by molar-refractivity contribution is 0.593. The molecule has 0 bridgehead atoms. The van der Waals surface area contributed by atoms with E-state index in [4.69, 9.17) is 0 Å². The third-order valence-corrected chi connectivity index (χ3v) is 4.92. The average molecular weight is 315 g/mol. The zero-order valence-electron chi connectivity index (χ0n) is 13.1. The molecule has 0 aliphatic rings. The second kappa shape index (κ2) is 6.79. The van der Waals surface area contributed by atoms with Crippen LogP contribution in [-0.2, 0) is 10.0 Å². The first kappa shape index (κ1) is 16.3. The Bertz CT molecular complexity index is 732. The van der Waals surface area contributed by atoms with Crippen LogP contribution >= 0.6 is 0 Å². The molecule has 0 saturated carbocycles. The van der Waals surface area contributed by atoms with Crippen LogP contribution in [0.3, 0.4) is 0 Å². The van der Waals surface area contributed by atoms with Gasteiger partial charge >= 0.3 is 0 Å². The third-order valence-electron chi connectivity index (χ3n) is 3.26. The maximum atomic E-state index is 12.7. The molecule has 2 rings (SSSR count). The molecule has 0 amide bonds. The highest BCUT2D eigenvalue weighted by Crippen LogP contribution is 2.22. The molecule has 3 nitrogen and oxygen atoms in total. The van der Waals surface area contributed by atoms with Crippen molar-refractivity contribution < 1.29 is 8.42 Å². The number of para-hydroxylation sites is 1. The molecule has 116 valence electrons. The summed E-state index contributed by atoms with van der Waals surface area (Å²) in [5, 5.41) is 1.27.